The van der Waals surface area contributed by atoms with Crippen LogP contribution in [0, 0.1) is 5.82 Å². The van der Waals surface area contributed by atoms with E-state index in [1.807, 2.05) is 0 Å². The number of carbonyl (C=O) groups is 1. The van der Waals surface area contributed by atoms with Crippen LogP contribution in [0.25, 0.3) is 0 Å². The maximum atomic E-state index is 13.3. The summed E-state index contributed by atoms with van der Waals surface area (Å²) in [6.07, 6.45) is 3.80. The molecule has 0 bridgehead atoms. The minimum atomic E-state index is -3.71. The van der Waals surface area contributed by atoms with Crippen LogP contribution in [0.3, 0.4) is 0 Å². The van der Waals surface area contributed by atoms with Gasteiger partial charge in [0.2, 0.25) is 15.9 Å². The summed E-state index contributed by atoms with van der Waals surface area (Å²) >= 11 is 0. The molecule has 1 fully saturated rings. The number of hydrogen-bond acceptors (Lipinski definition) is 4. The van der Waals surface area contributed by atoms with Gasteiger partial charge in [-0.15, -0.1) is 0 Å². The highest BCUT2D eigenvalue weighted by Crippen LogP contribution is 2.25. The SMILES string of the molecule is NS(=O)(=O)c1ccc(CCNC(=O)C(c2ccc(F)cc2)N2CCCCC2)cc1. The fourth-order valence-electron chi connectivity index (χ4n) is 3.62. The van der Waals surface area contributed by atoms with Crippen molar-refractivity contribution in [3.05, 3.63) is 65.5 Å². The lowest BCUT2D eigenvalue weighted by molar-refractivity contribution is -0.127. The van der Waals surface area contributed by atoms with Gasteiger partial charge in [-0.05, 0) is 67.7 Å². The van der Waals surface area contributed by atoms with Gasteiger partial charge in [0, 0.05) is 6.54 Å². The molecule has 0 aromatic heterocycles. The topological polar surface area (TPSA) is 92.5 Å². The second-order valence-electron chi connectivity index (χ2n) is 7.28. The second-order valence-corrected chi connectivity index (χ2v) is 8.84. The van der Waals surface area contributed by atoms with Crippen LogP contribution in [0.5, 0.6) is 0 Å². The van der Waals surface area contributed by atoms with E-state index >= 15 is 0 Å². The summed E-state index contributed by atoms with van der Waals surface area (Å²) < 4.78 is 36.0. The van der Waals surface area contributed by atoms with E-state index in [9.17, 15) is 17.6 Å². The molecule has 3 rings (SSSR count). The van der Waals surface area contributed by atoms with Crippen molar-refractivity contribution in [2.45, 2.75) is 36.6 Å². The van der Waals surface area contributed by atoms with E-state index < -0.39 is 16.1 Å². The Kier molecular flexibility index (Phi) is 7.00. The van der Waals surface area contributed by atoms with Crippen LogP contribution in [0.1, 0.15) is 36.4 Å². The van der Waals surface area contributed by atoms with Crippen molar-refractivity contribution < 1.29 is 17.6 Å². The number of likely N-dealkylation sites (tertiary alicyclic amines) is 1. The minimum absolute atomic E-state index is 0.0618. The smallest absolute Gasteiger partial charge is 0.241 e. The molecule has 1 saturated heterocycles. The van der Waals surface area contributed by atoms with E-state index in [0.717, 1.165) is 43.5 Å². The first-order chi connectivity index (χ1) is 13.8. The Morgan fingerprint density at radius 3 is 2.24 bits per heavy atom. The Labute approximate surface area is 171 Å². The number of carbonyl (C=O) groups excluding carboxylic acids is 1. The lowest BCUT2D eigenvalue weighted by atomic mass is 10.0. The van der Waals surface area contributed by atoms with Gasteiger partial charge in [0.05, 0.1) is 4.90 Å². The van der Waals surface area contributed by atoms with Gasteiger partial charge >= 0.3 is 0 Å². The van der Waals surface area contributed by atoms with Gasteiger partial charge in [-0.1, -0.05) is 30.7 Å². The first-order valence-corrected chi connectivity index (χ1v) is 11.3. The highest BCUT2D eigenvalue weighted by molar-refractivity contribution is 7.89. The highest BCUT2D eigenvalue weighted by Gasteiger charge is 2.28. The third-order valence-corrected chi connectivity index (χ3v) is 6.08. The lowest BCUT2D eigenvalue weighted by Crippen LogP contribution is -2.43. The van der Waals surface area contributed by atoms with Crippen molar-refractivity contribution in [2.24, 2.45) is 5.14 Å². The largest absolute Gasteiger partial charge is 0.354 e. The zero-order valence-electron chi connectivity index (χ0n) is 16.2. The number of rotatable bonds is 7. The summed E-state index contributed by atoms with van der Waals surface area (Å²) in [4.78, 5) is 15.2. The van der Waals surface area contributed by atoms with Crippen LogP contribution in [0.4, 0.5) is 4.39 Å². The summed E-state index contributed by atoms with van der Waals surface area (Å²) in [5.74, 6) is -0.436. The van der Waals surface area contributed by atoms with Crippen LogP contribution in [-0.2, 0) is 21.2 Å². The van der Waals surface area contributed by atoms with Crippen molar-refractivity contribution in [1.82, 2.24) is 10.2 Å². The predicted molar refractivity (Wildman–Crippen MR) is 109 cm³/mol. The van der Waals surface area contributed by atoms with E-state index in [0.29, 0.717) is 13.0 Å². The summed E-state index contributed by atoms with van der Waals surface area (Å²) in [7, 11) is -3.71. The number of benzene rings is 2. The maximum absolute atomic E-state index is 13.3. The Balaban J connectivity index is 1.64. The number of nitrogens with two attached hydrogens (primary N) is 1. The molecule has 0 saturated carbocycles. The van der Waals surface area contributed by atoms with Gasteiger partial charge in [-0.25, -0.2) is 17.9 Å². The predicted octanol–water partition coefficient (Wildman–Crippen LogP) is 2.36. The fourth-order valence-corrected chi connectivity index (χ4v) is 4.14. The average molecular weight is 420 g/mol. The van der Waals surface area contributed by atoms with Crippen molar-refractivity contribution >= 4 is 15.9 Å². The number of nitrogens with zero attached hydrogens (tertiary/aromatic N) is 1. The summed E-state index contributed by atoms with van der Waals surface area (Å²) in [5, 5.41) is 8.07. The maximum Gasteiger partial charge on any atom is 0.241 e. The van der Waals surface area contributed by atoms with Crippen molar-refractivity contribution in [3.8, 4) is 0 Å². The molecular weight excluding hydrogens is 393 g/mol. The zero-order chi connectivity index (χ0) is 20.9. The first kappa shape index (κ1) is 21.4. The standard InChI is InChI=1S/C21H26FN3O3S/c22-18-8-6-17(7-9-18)20(25-14-2-1-3-15-25)21(26)24-13-12-16-4-10-19(11-5-16)29(23,27)28/h4-11,20H,1-3,12-15H2,(H,24,26)(H2,23,27,28). The van der Waals surface area contributed by atoms with E-state index in [-0.39, 0.29) is 16.6 Å². The van der Waals surface area contributed by atoms with Crippen LogP contribution < -0.4 is 10.5 Å². The monoisotopic (exact) mass is 419 g/mol. The molecule has 1 amide bonds. The van der Waals surface area contributed by atoms with Crippen LogP contribution in [-0.4, -0.2) is 38.9 Å². The van der Waals surface area contributed by atoms with Gasteiger partial charge in [0.1, 0.15) is 11.9 Å². The average Bonchev–Trinajstić information content (AvgIpc) is 2.70. The molecule has 2 aromatic rings. The zero-order valence-corrected chi connectivity index (χ0v) is 17.0. The third-order valence-electron chi connectivity index (χ3n) is 5.15. The quantitative estimate of drug-likeness (QED) is 0.721. The third kappa shape index (κ3) is 5.85. The highest BCUT2D eigenvalue weighted by atomic mass is 32.2. The number of amides is 1. The molecule has 0 aliphatic carbocycles. The Morgan fingerprint density at radius 2 is 1.66 bits per heavy atom. The number of hydrogen-bond donors (Lipinski definition) is 2. The molecule has 0 radical (unpaired) electrons. The van der Waals surface area contributed by atoms with Gasteiger partial charge in [0.25, 0.3) is 0 Å². The molecule has 29 heavy (non-hydrogen) atoms. The Hall–Kier alpha value is -2.29. The van der Waals surface area contributed by atoms with Gasteiger partial charge < -0.3 is 5.32 Å². The van der Waals surface area contributed by atoms with E-state index in [1.165, 1.54) is 24.3 Å². The van der Waals surface area contributed by atoms with Gasteiger partial charge in [-0.2, -0.15) is 0 Å². The summed E-state index contributed by atoms with van der Waals surface area (Å²) in [6, 6.07) is 11.9. The summed E-state index contributed by atoms with van der Waals surface area (Å²) in [5.41, 5.74) is 1.68. The molecule has 2 aromatic carbocycles. The van der Waals surface area contributed by atoms with Crippen molar-refractivity contribution in [3.63, 3.8) is 0 Å². The molecule has 0 spiro atoms. The Bertz CT molecular complexity index is 925. The van der Waals surface area contributed by atoms with E-state index in [4.69, 9.17) is 5.14 Å². The fraction of sp³-hybridized carbons (Fsp3) is 0.381. The van der Waals surface area contributed by atoms with Crippen LogP contribution >= 0.6 is 0 Å². The first-order valence-electron chi connectivity index (χ1n) is 9.73. The molecular formula is C21H26FN3O3S. The number of primary sulfonamides is 1. The van der Waals surface area contributed by atoms with Crippen LogP contribution in [0.2, 0.25) is 0 Å². The number of sulfonamides is 1. The Morgan fingerprint density at radius 1 is 1.03 bits per heavy atom. The van der Waals surface area contributed by atoms with Crippen molar-refractivity contribution in [2.75, 3.05) is 19.6 Å². The molecule has 156 valence electrons. The normalized spacial score (nSPS) is 16.3. The second kappa shape index (κ2) is 9.47. The molecule has 8 heteroatoms. The number of halogens is 1. The summed E-state index contributed by atoms with van der Waals surface area (Å²) in [6.45, 7) is 2.09. The molecule has 3 N–H and O–H groups in total. The molecule has 6 nitrogen and oxygen atoms in total. The molecule has 1 aliphatic rings. The molecule has 1 unspecified atom stereocenters. The van der Waals surface area contributed by atoms with Crippen LogP contribution in [0.15, 0.2) is 53.4 Å². The molecule has 1 heterocycles. The lowest BCUT2D eigenvalue weighted by Gasteiger charge is -2.34. The number of nitrogens with one attached hydrogen (secondary N) is 1. The van der Waals surface area contributed by atoms with Gasteiger partial charge in [0.15, 0.2) is 0 Å². The van der Waals surface area contributed by atoms with Gasteiger partial charge in [-0.3, -0.25) is 9.69 Å². The van der Waals surface area contributed by atoms with E-state index in [1.54, 1.807) is 24.3 Å². The number of piperidine rings is 1. The molecule has 1 aliphatic heterocycles. The van der Waals surface area contributed by atoms with Crippen molar-refractivity contribution in [1.29, 1.82) is 0 Å². The van der Waals surface area contributed by atoms with E-state index in [2.05, 4.69) is 10.2 Å². The molecule has 1 atom stereocenters. The minimum Gasteiger partial charge on any atom is -0.354 e.